The molecule has 0 saturated carbocycles. The van der Waals surface area contributed by atoms with E-state index in [1.165, 1.54) is 7.11 Å². The number of hydrogen-bond donors (Lipinski definition) is 2. The van der Waals surface area contributed by atoms with Crippen molar-refractivity contribution in [3.05, 3.63) is 23.8 Å². The maximum absolute atomic E-state index is 12.0. The first-order valence-corrected chi connectivity index (χ1v) is 9.69. The lowest BCUT2D eigenvalue weighted by atomic mass is 10.0. The molecule has 0 fully saturated rings. The molecule has 0 heterocycles. The van der Waals surface area contributed by atoms with Crippen molar-refractivity contribution in [3.8, 4) is 11.5 Å². The molecular formula is C21H33NO6. The molecule has 1 unspecified atom stereocenters. The Labute approximate surface area is 167 Å². The lowest BCUT2D eigenvalue weighted by Gasteiger charge is -2.22. The minimum atomic E-state index is -1.15. The number of carbonyl (C=O) groups is 2. The Morgan fingerprint density at radius 1 is 1.18 bits per heavy atom. The standard InChI is InChI=1S/C21H33NO6/c1-6-7-8-9-13-27-18-15(11-10-12-17(18)26-5)14-16(19(23)24)22-20(25)28-21(2,3)4/h10-12,16H,6-9,13-14H2,1-5H3,(H,22,25)(H,23,24). The second kappa shape index (κ2) is 11.4. The highest BCUT2D eigenvalue weighted by Crippen LogP contribution is 2.32. The molecule has 7 heteroatoms. The number of para-hydroxylation sites is 1. The van der Waals surface area contributed by atoms with Gasteiger partial charge in [0, 0.05) is 12.0 Å². The number of amides is 1. The average molecular weight is 395 g/mol. The van der Waals surface area contributed by atoms with Gasteiger partial charge in [-0.05, 0) is 33.3 Å². The summed E-state index contributed by atoms with van der Waals surface area (Å²) < 4.78 is 16.4. The Morgan fingerprint density at radius 2 is 1.89 bits per heavy atom. The number of carboxylic acids is 1. The molecule has 0 aromatic heterocycles. The third kappa shape index (κ3) is 8.50. The molecule has 0 spiro atoms. The van der Waals surface area contributed by atoms with E-state index in [0.717, 1.165) is 25.7 Å². The lowest BCUT2D eigenvalue weighted by Crippen LogP contribution is -2.44. The van der Waals surface area contributed by atoms with E-state index in [1.54, 1.807) is 39.0 Å². The van der Waals surface area contributed by atoms with Gasteiger partial charge in [0.1, 0.15) is 11.6 Å². The molecule has 158 valence electrons. The predicted octanol–water partition coefficient (Wildman–Crippen LogP) is 4.17. The Bertz CT molecular complexity index is 638. The number of alkyl carbamates (subject to hydrolysis) is 1. The summed E-state index contributed by atoms with van der Waals surface area (Å²) in [6.07, 6.45) is 3.53. The van der Waals surface area contributed by atoms with Crippen LogP contribution in [0, 0.1) is 0 Å². The fraction of sp³-hybridized carbons (Fsp3) is 0.619. The topological polar surface area (TPSA) is 94.1 Å². The Balaban J connectivity index is 2.90. The molecule has 7 nitrogen and oxygen atoms in total. The van der Waals surface area contributed by atoms with Crippen LogP contribution in [-0.4, -0.2) is 42.5 Å². The van der Waals surface area contributed by atoms with Gasteiger partial charge in [-0.1, -0.05) is 38.3 Å². The number of benzene rings is 1. The van der Waals surface area contributed by atoms with Crippen LogP contribution in [0.5, 0.6) is 11.5 Å². The van der Waals surface area contributed by atoms with E-state index < -0.39 is 23.7 Å². The van der Waals surface area contributed by atoms with Crippen LogP contribution in [0.3, 0.4) is 0 Å². The Hall–Kier alpha value is -2.44. The Kier molecular flexibility index (Phi) is 9.62. The highest BCUT2D eigenvalue weighted by Gasteiger charge is 2.26. The third-order valence-corrected chi connectivity index (χ3v) is 3.94. The number of methoxy groups -OCH3 is 1. The van der Waals surface area contributed by atoms with Crippen molar-refractivity contribution in [3.63, 3.8) is 0 Å². The van der Waals surface area contributed by atoms with Crippen molar-refractivity contribution in [1.29, 1.82) is 0 Å². The zero-order valence-corrected chi connectivity index (χ0v) is 17.5. The summed E-state index contributed by atoms with van der Waals surface area (Å²) in [4.78, 5) is 23.7. The van der Waals surface area contributed by atoms with Crippen molar-refractivity contribution in [2.24, 2.45) is 0 Å². The molecule has 1 amide bonds. The molecular weight excluding hydrogens is 362 g/mol. The zero-order valence-electron chi connectivity index (χ0n) is 17.5. The van der Waals surface area contributed by atoms with Crippen molar-refractivity contribution in [1.82, 2.24) is 5.32 Å². The second-order valence-electron chi connectivity index (χ2n) is 7.60. The number of ether oxygens (including phenoxy) is 3. The molecule has 0 aliphatic heterocycles. The smallest absolute Gasteiger partial charge is 0.408 e. The molecule has 0 aliphatic rings. The van der Waals surface area contributed by atoms with Crippen molar-refractivity contribution in [2.45, 2.75) is 71.4 Å². The van der Waals surface area contributed by atoms with E-state index in [4.69, 9.17) is 14.2 Å². The number of rotatable bonds is 11. The van der Waals surface area contributed by atoms with Crippen LogP contribution in [0.4, 0.5) is 4.79 Å². The fourth-order valence-electron chi connectivity index (χ4n) is 2.62. The van der Waals surface area contributed by atoms with Crippen LogP contribution in [0.2, 0.25) is 0 Å². The minimum absolute atomic E-state index is 0.0517. The molecule has 1 aromatic rings. The normalized spacial score (nSPS) is 12.2. The summed E-state index contributed by atoms with van der Waals surface area (Å²) in [5.41, 5.74) is -0.0612. The van der Waals surface area contributed by atoms with Gasteiger partial charge in [-0.25, -0.2) is 9.59 Å². The molecule has 28 heavy (non-hydrogen) atoms. The van der Waals surface area contributed by atoms with Gasteiger partial charge >= 0.3 is 12.1 Å². The molecule has 1 aromatic carbocycles. The number of nitrogens with one attached hydrogen (secondary N) is 1. The average Bonchev–Trinajstić information content (AvgIpc) is 2.60. The quantitative estimate of drug-likeness (QED) is 0.546. The van der Waals surface area contributed by atoms with Gasteiger partial charge in [0.2, 0.25) is 0 Å². The number of carbonyl (C=O) groups excluding carboxylic acids is 1. The highest BCUT2D eigenvalue weighted by molar-refractivity contribution is 5.80. The van der Waals surface area contributed by atoms with Crippen molar-refractivity contribution < 1.29 is 28.9 Å². The first kappa shape index (κ1) is 23.6. The van der Waals surface area contributed by atoms with Crippen LogP contribution in [0.1, 0.15) is 58.9 Å². The maximum Gasteiger partial charge on any atom is 0.408 e. The first-order valence-electron chi connectivity index (χ1n) is 9.69. The minimum Gasteiger partial charge on any atom is -0.493 e. The van der Waals surface area contributed by atoms with Crippen LogP contribution < -0.4 is 14.8 Å². The largest absolute Gasteiger partial charge is 0.493 e. The van der Waals surface area contributed by atoms with Gasteiger partial charge in [-0.3, -0.25) is 0 Å². The van der Waals surface area contributed by atoms with Gasteiger partial charge in [0.25, 0.3) is 0 Å². The van der Waals surface area contributed by atoms with E-state index in [9.17, 15) is 14.7 Å². The lowest BCUT2D eigenvalue weighted by molar-refractivity contribution is -0.139. The van der Waals surface area contributed by atoms with Gasteiger partial charge in [0.05, 0.1) is 13.7 Å². The summed E-state index contributed by atoms with van der Waals surface area (Å²) in [6, 6.07) is 4.16. The van der Waals surface area contributed by atoms with E-state index in [2.05, 4.69) is 12.2 Å². The van der Waals surface area contributed by atoms with E-state index in [-0.39, 0.29) is 6.42 Å². The van der Waals surface area contributed by atoms with Crippen molar-refractivity contribution >= 4 is 12.1 Å². The van der Waals surface area contributed by atoms with Crippen LogP contribution in [-0.2, 0) is 16.0 Å². The van der Waals surface area contributed by atoms with Gasteiger partial charge in [-0.15, -0.1) is 0 Å². The molecule has 0 bridgehead atoms. The van der Waals surface area contributed by atoms with Crippen LogP contribution in [0.25, 0.3) is 0 Å². The zero-order chi connectivity index (χ0) is 21.2. The van der Waals surface area contributed by atoms with E-state index in [0.29, 0.717) is 23.7 Å². The van der Waals surface area contributed by atoms with E-state index in [1.807, 2.05) is 0 Å². The molecule has 0 saturated heterocycles. The number of aliphatic carboxylic acids is 1. The van der Waals surface area contributed by atoms with Crippen molar-refractivity contribution in [2.75, 3.05) is 13.7 Å². The summed E-state index contributed by atoms with van der Waals surface area (Å²) >= 11 is 0. The van der Waals surface area contributed by atoms with Gasteiger partial charge in [0.15, 0.2) is 11.5 Å². The first-order chi connectivity index (χ1) is 13.2. The molecule has 2 N–H and O–H groups in total. The maximum atomic E-state index is 12.0. The predicted molar refractivity (Wildman–Crippen MR) is 107 cm³/mol. The summed E-state index contributed by atoms with van der Waals surface area (Å²) in [7, 11) is 1.54. The van der Waals surface area contributed by atoms with Crippen LogP contribution in [0.15, 0.2) is 18.2 Å². The SMILES string of the molecule is CCCCCCOc1c(CC(NC(=O)OC(C)(C)C)C(=O)O)cccc1OC. The molecule has 0 aliphatic carbocycles. The number of hydrogen-bond acceptors (Lipinski definition) is 5. The number of unbranched alkanes of at least 4 members (excludes halogenated alkanes) is 3. The molecule has 1 rings (SSSR count). The highest BCUT2D eigenvalue weighted by atomic mass is 16.6. The molecule has 1 atom stereocenters. The molecule has 0 radical (unpaired) electrons. The van der Waals surface area contributed by atoms with E-state index >= 15 is 0 Å². The van der Waals surface area contributed by atoms with Gasteiger partial charge in [-0.2, -0.15) is 0 Å². The van der Waals surface area contributed by atoms with Crippen LogP contribution >= 0.6 is 0 Å². The Morgan fingerprint density at radius 3 is 2.46 bits per heavy atom. The number of carboxylic acid groups (broad SMARTS) is 1. The summed E-state index contributed by atoms with van der Waals surface area (Å²) in [6.45, 7) is 7.81. The monoisotopic (exact) mass is 395 g/mol. The summed E-state index contributed by atoms with van der Waals surface area (Å²) in [5, 5.41) is 11.9. The second-order valence-corrected chi connectivity index (χ2v) is 7.60. The van der Waals surface area contributed by atoms with Gasteiger partial charge < -0.3 is 24.6 Å². The summed E-state index contributed by atoms with van der Waals surface area (Å²) in [5.74, 6) is -0.101. The third-order valence-electron chi connectivity index (χ3n) is 3.94. The fourth-order valence-corrected chi connectivity index (χ4v) is 2.62.